The molecule has 1 aromatic carbocycles. The molecule has 0 bridgehead atoms. The molecule has 0 fully saturated rings. The van der Waals surface area contributed by atoms with Crippen molar-refractivity contribution in [1.82, 2.24) is 9.97 Å². The van der Waals surface area contributed by atoms with Crippen LogP contribution in [0, 0.1) is 5.92 Å². The highest BCUT2D eigenvalue weighted by Crippen LogP contribution is 2.15. The standard InChI is InChI=1S/C14H16N2/c1-4-11-5-6-12-9-15-14(7-10(2)3)16-13(12)8-11/h4-6,8-10H,1,7H2,2-3H3. The van der Waals surface area contributed by atoms with Gasteiger partial charge in [0.25, 0.3) is 0 Å². The second-order valence-corrected chi connectivity index (χ2v) is 4.41. The van der Waals surface area contributed by atoms with Gasteiger partial charge in [0.05, 0.1) is 5.52 Å². The highest BCUT2D eigenvalue weighted by atomic mass is 14.9. The Labute approximate surface area is 96.1 Å². The Morgan fingerprint density at radius 1 is 1.38 bits per heavy atom. The van der Waals surface area contributed by atoms with E-state index in [0.29, 0.717) is 5.92 Å². The molecule has 82 valence electrons. The summed E-state index contributed by atoms with van der Waals surface area (Å²) in [5.41, 5.74) is 2.10. The van der Waals surface area contributed by atoms with E-state index in [2.05, 4.69) is 30.4 Å². The summed E-state index contributed by atoms with van der Waals surface area (Å²) in [4.78, 5) is 8.93. The van der Waals surface area contributed by atoms with Crippen LogP contribution in [0.5, 0.6) is 0 Å². The SMILES string of the molecule is C=Cc1ccc2cnc(CC(C)C)nc2c1. The zero-order valence-electron chi connectivity index (χ0n) is 9.77. The Morgan fingerprint density at radius 3 is 2.88 bits per heavy atom. The normalized spacial score (nSPS) is 10.9. The molecule has 0 aliphatic heterocycles. The van der Waals surface area contributed by atoms with Crippen LogP contribution in [-0.2, 0) is 6.42 Å². The lowest BCUT2D eigenvalue weighted by Crippen LogP contribution is -2.00. The van der Waals surface area contributed by atoms with Crippen LogP contribution in [0.2, 0.25) is 0 Å². The summed E-state index contributed by atoms with van der Waals surface area (Å²) in [6, 6.07) is 6.11. The van der Waals surface area contributed by atoms with Gasteiger partial charge in [0.15, 0.2) is 0 Å². The van der Waals surface area contributed by atoms with Crippen molar-refractivity contribution in [3.05, 3.63) is 42.4 Å². The smallest absolute Gasteiger partial charge is 0.129 e. The molecule has 0 spiro atoms. The minimum atomic E-state index is 0.583. The highest BCUT2D eigenvalue weighted by Gasteiger charge is 2.02. The summed E-state index contributed by atoms with van der Waals surface area (Å²) in [5, 5.41) is 1.08. The molecule has 0 N–H and O–H groups in total. The van der Waals surface area contributed by atoms with Crippen molar-refractivity contribution in [3.63, 3.8) is 0 Å². The third-order valence-corrected chi connectivity index (χ3v) is 2.48. The fourth-order valence-corrected chi connectivity index (χ4v) is 1.67. The predicted octanol–water partition coefficient (Wildman–Crippen LogP) is 3.47. The van der Waals surface area contributed by atoms with Gasteiger partial charge in [-0.3, -0.25) is 0 Å². The molecular formula is C14H16N2. The molecule has 0 aliphatic carbocycles. The van der Waals surface area contributed by atoms with Gasteiger partial charge in [0.2, 0.25) is 0 Å². The molecule has 0 unspecified atom stereocenters. The Balaban J connectivity index is 2.46. The summed E-state index contributed by atoms with van der Waals surface area (Å²) in [6.45, 7) is 8.11. The maximum Gasteiger partial charge on any atom is 0.129 e. The average Bonchev–Trinajstić information content (AvgIpc) is 2.27. The summed E-state index contributed by atoms with van der Waals surface area (Å²) < 4.78 is 0. The molecular weight excluding hydrogens is 196 g/mol. The first kappa shape index (κ1) is 10.8. The number of benzene rings is 1. The van der Waals surface area contributed by atoms with Gasteiger partial charge in [-0.1, -0.05) is 38.6 Å². The lowest BCUT2D eigenvalue weighted by atomic mass is 10.1. The number of rotatable bonds is 3. The van der Waals surface area contributed by atoms with Crippen molar-refractivity contribution in [1.29, 1.82) is 0 Å². The minimum absolute atomic E-state index is 0.583. The van der Waals surface area contributed by atoms with Crippen molar-refractivity contribution in [2.45, 2.75) is 20.3 Å². The third-order valence-electron chi connectivity index (χ3n) is 2.48. The fraction of sp³-hybridized carbons (Fsp3) is 0.286. The fourth-order valence-electron chi connectivity index (χ4n) is 1.67. The molecule has 0 aliphatic rings. The van der Waals surface area contributed by atoms with E-state index in [-0.39, 0.29) is 0 Å². The molecule has 2 rings (SSSR count). The van der Waals surface area contributed by atoms with Crippen LogP contribution in [0.3, 0.4) is 0 Å². The highest BCUT2D eigenvalue weighted by molar-refractivity contribution is 5.80. The van der Waals surface area contributed by atoms with Gasteiger partial charge in [-0.2, -0.15) is 0 Å². The molecule has 0 radical (unpaired) electrons. The molecule has 0 atom stereocenters. The van der Waals surface area contributed by atoms with Gasteiger partial charge in [-0.15, -0.1) is 0 Å². The van der Waals surface area contributed by atoms with Crippen molar-refractivity contribution in [3.8, 4) is 0 Å². The van der Waals surface area contributed by atoms with E-state index in [1.807, 2.05) is 30.5 Å². The van der Waals surface area contributed by atoms with Crippen LogP contribution in [-0.4, -0.2) is 9.97 Å². The number of hydrogen-bond donors (Lipinski definition) is 0. The second kappa shape index (κ2) is 4.44. The lowest BCUT2D eigenvalue weighted by Gasteiger charge is -2.05. The first-order valence-corrected chi connectivity index (χ1v) is 5.57. The van der Waals surface area contributed by atoms with Gasteiger partial charge < -0.3 is 0 Å². The summed E-state index contributed by atoms with van der Waals surface area (Å²) >= 11 is 0. The third kappa shape index (κ3) is 2.27. The first-order valence-electron chi connectivity index (χ1n) is 5.57. The van der Waals surface area contributed by atoms with Gasteiger partial charge in [-0.05, 0) is 17.5 Å². The van der Waals surface area contributed by atoms with E-state index >= 15 is 0 Å². The Hall–Kier alpha value is -1.70. The number of fused-ring (bicyclic) bond motifs is 1. The van der Waals surface area contributed by atoms with E-state index in [1.165, 1.54) is 0 Å². The van der Waals surface area contributed by atoms with E-state index in [4.69, 9.17) is 0 Å². The largest absolute Gasteiger partial charge is 0.241 e. The quantitative estimate of drug-likeness (QED) is 0.778. The van der Waals surface area contributed by atoms with Crippen LogP contribution in [0.4, 0.5) is 0 Å². The number of nitrogens with zero attached hydrogens (tertiary/aromatic N) is 2. The molecule has 1 aromatic heterocycles. The maximum atomic E-state index is 4.57. The molecule has 0 saturated carbocycles. The van der Waals surface area contributed by atoms with E-state index in [9.17, 15) is 0 Å². The average molecular weight is 212 g/mol. The Bertz CT molecular complexity index is 515. The molecule has 2 nitrogen and oxygen atoms in total. The van der Waals surface area contributed by atoms with Crippen molar-refractivity contribution in [2.24, 2.45) is 5.92 Å². The van der Waals surface area contributed by atoms with Crippen LogP contribution < -0.4 is 0 Å². The van der Waals surface area contributed by atoms with Crippen molar-refractivity contribution < 1.29 is 0 Å². The Morgan fingerprint density at radius 2 is 2.19 bits per heavy atom. The summed E-state index contributed by atoms with van der Waals surface area (Å²) in [6.07, 6.45) is 4.66. The van der Waals surface area contributed by atoms with E-state index in [1.54, 1.807) is 0 Å². The first-order chi connectivity index (χ1) is 7.69. The van der Waals surface area contributed by atoms with Crippen molar-refractivity contribution >= 4 is 17.0 Å². The maximum absolute atomic E-state index is 4.57. The molecule has 0 saturated heterocycles. The van der Waals surface area contributed by atoms with E-state index in [0.717, 1.165) is 28.7 Å². The molecule has 2 aromatic rings. The zero-order valence-corrected chi connectivity index (χ0v) is 9.77. The monoisotopic (exact) mass is 212 g/mol. The lowest BCUT2D eigenvalue weighted by molar-refractivity contribution is 0.623. The predicted molar refractivity (Wildman–Crippen MR) is 68.2 cm³/mol. The van der Waals surface area contributed by atoms with Gasteiger partial charge in [0, 0.05) is 18.0 Å². The van der Waals surface area contributed by atoms with Crippen LogP contribution in [0.1, 0.15) is 25.2 Å². The number of hydrogen-bond acceptors (Lipinski definition) is 2. The minimum Gasteiger partial charge on any atom is -0.241 e. The molecule has 2 heteroatoms. The molecule has 16 heavy (non-hydrogen) atoms. The van der Waals surface area contributed by atoms with E-state index < -0.39 is 0 Å². The van der Waals surface area contributed by atoms with Crippen LogP contribution >= 0.6 is 0 Å². The van der Waals surface area contributed by atoms with Crippen LogP contribution in [0.15, 0.2) is 31.0 Å². The summed E-state index contributed by atoms with van der Waals surface area (Å²) in [5.74, 6) is 1.50. The van der Waals surface area contributed by atoms with Gasteiger partial charge in [-0.25, -0.2) is 9.97 Å². The topological polar surface area (TPSA) is 25.8 Å². The van der Waals surface area contributed by atoms with Crippen molar-refractivity contribution in [2.75, 3.05) is 0 Å². The summed E-state index contributed by atoms with van der Waals surface area (Å²) in [7, 11) is 0. The second-order valence-electron chi connectivity index (χ2n) is 4.41. The Kier molecular flexibility index (Phi) is 3.00. The van der Waals surface area contributed by atoms with Crippen LogP contribution in [0.25, 0.3) is 17.0 Å². The molecule has 0 amide bonds. The molecule has 1 heterocycles. The van der Waals surface area contributed by atoms with Gasteiger partial charge >= 0.3 is 0 Å². The zero-order chi connectivity index (χ0) is 11.5. The van der Waals surface area contributed by atoms with Gasteiger partial charge in [0.1, 0.15) is 5.82 Å². The number of aromatic nitrogens is 2.